The van der Waals surface area contributed by atoms with Crippen molar-refractivity contribution in [1.82, 2.24) is 0 Å². The smallest absolute Gasteiger partial charge is 0.125 e. The summed E-state index contributed by atoms with van der Waals surface area (Å²) in [4.78, 5) is 0. The Hall–Kier alpha value is -0.770. The second kappa shape index (κ2) is 5.35. The predicted molar refractivity (Wildman–Crippen MR) is 61.5 cm³/mol. The van der Waals surface area contributed by atoms with E-state index in [1.165, 1.54) is 0 Å². The van der Waals surface area contributed by atoms with Crippen LogP contribution in [-0.4, -0.2) is 20.8 Å². The Morgan fingerprint density at radius 1 is 1.40 bits per heavy atom. The Morgan fingerprint density at radius 2 is 2.07 bits per heavy atom. The SMILES string of the molecule is COc1cc(C)c(Cl)cc1C(CN)OC. The molecule has 0 bridgehead atoms. The Balaban J connectivity index is 3.20. The first kappa shape index (κ1) is 12.3. The van der Waals surface area contributed by atoms with Gasteiger partial charge in [0.2, 0.25) is 0 Å². The molecule has 2 N–H and O–H groups in total. The van der Waals surface area contributed by atoms with Crippen molar-refractivity contribution in [3.8, 4) is 5.75 Å². The van der Waals surface area contributed by atoms with E-state index >= 15 is 0 Å². The molecule has 0 aromatic heterocycles. The molecule has 0 aliphatic carbocycles. The predicted octanol–water partition coefficient (Wildman–Crippen LogP) is 2.30. The molecular formula is C11H16ClNO2. The van der Waals surface area contributed by atoms with E-state index in [0.29, 0.717) is 11.6 Å². The second-order valence-corrected chi connectivity index (χ2v) is 3.71. The van der Waals surface area contributed by atoms with Gasteiger partial charge in [-0.1, -0.05) is 11.6 Å². The number of ether oxygens (including phenoxy) is 2. The number of methoxy groups -OCH3 is 2. The van der Waals surface area contributed by atoms with Gasteiger partial charge in [0.25, 0.3) is 0 Å². The average Bonchev–Trinajstić information content (AvgIpc) is 2.24. The first-order valence-electron chi connectivity index (χ1n) is 4.71. The highest BCUT2D eigenvalue weighted by atomic mass is 35.5. The van der Waals surface area contributed by atoms with E-state index in [9.17, 15) is 0 Å². The lowest BCUT2D eigenvalue weighted by Gasteiger charge is -2.18. The lowest BCUT2D eigenvalue weighted by atomic mass is 10.1. The molecule has 1 atom stereocenters. The number of aryl methyl sites for hydroxylation is 1. The standard InChI is InChI=1S/C11H16ClNO2/c1-7-4-10(14-2)8(5-9(7)12)11(6-13)15-3/h4-5,11H,6,13H2,1-3H3. The summed E-state index contributed by atoms with van der Waals surface area (Å²) in [6, 6.07) is 3.73. The van der Waals surface area contributed by atoms with Crippen molar-refractivity contribution in [2.45, 2.75) is 13.0 Å². The van der Waals surface area contributed by atoms with E-state index in [-0.39, 0.29) is 6.10 Å². The minimum atomic E-state index is -0.182. The third-order valence-corrected chi connectivity index (χ3v) is 2.76. The van der Waals surface area contributed by atoms with Crippen LogP contribution in [0.25, 0.3) is 0 Å². The maximum absolute atomic E-state index is 6.05. The van der Waals surface area contributed by atoms with Gasteiger partial charge >= 0.3 is 0 Å². The highest BCUT2D eigenvalue weighted by Gasteiger charge is 2.15. The molecule has 15 heavy (non-hydrogen) atoms. The zero-order valence-electron chi connectivity index (χ0n) is 9.21. The molecule has 1 unspecified atom stereocenters. The Morgan fingerprint density at radius 3 is 2.53 bits per heavy atom. The highest BCUT2D eigenvalue weighted by molar-refractivity contribution is 6.31. The summed E-state index contributed by atoms with van der Waals surface area (Å²) < 4.78 is 10.5. The number of halogens is 1. The number of nitrogens with two attached hydrogens (primary N) is 1. The Kier molecular flexibility index (Phi) is 4.39. The normalized spacial score (nSPS) is 12.6. The van der Waals surface area contributed by atoms with Crippen LogP contribution in [0.15, 0.2) is 12.1 Å². The quantitative estimate of drug-likeness (QED) is 0.862. The van der Waals surface area contributed by atoms with Crippen molar-refractivity contribution in [1.29, 1.82) is 0 Å². The molecule has 0 aliphatic rings. The third kappa shape index (κ3) is 2.62. The zero-order chi connectivity index (χ0) is 11.4. The fraction of sp³-hybridized carbons (Fsp3) is 0.455. The summed E-state index contributed by atoms with van der Waals surface area (Å²) in [5.41, 5.74) is 7.47. The molecule has 1 aromatic rings. The summed E-state index contributed by atoms with van der Waals surface area (Å²) in [6.45, 7) is 2.32. The molecule has 0 fully saturated rings. The van der Waals surface area contributed by atoms with E-state index in [2.05, 4.69) is 0 Å². The van der Waals surface area contributed by atoms with Crippen LogP contribution < -0.4 is 10.5 Å². The molecule has 3 nitrogen and oxygen atoms in total. The lowest BCUT2D eigenvalue weighted by Crippen LogP contribution is -2.15. The van der Waals surface area contributed by atoms with E-state index in [4.69, 9.17) is 26.8 Å². The molecule has 0 heterocycles. The van der Waals surface area contributed by atoms with E-state index in [0.717, 1.165) is 16.9 Å². The number of hydrogen-bond acceptors (Lipinski definition) is 3. The van der Waals surface area contributed by atoms with Crippen molar-refractivity contribution < 1.29 is 9.47 Å². The molecular weight excluding hydrogens is 214 g/mol. The largest absolute Gasteiger partial charge is 0.496 e. The first-order chi connectivity index (χ1) is 7.13. The van der Waals surface area contributed by atoms with Crippen molar-refractivity contribution in [3.63, 3.8) is 0 Å². The zero-order valence-corrected chi connectivity index (χ0v) is 9.97. The fourth-order valence-electron chi connectivity index (χ4n) is 1.45. The number of benzene rings is 1. The Bertz CT molecular complexity index is 338. The maximum atomic E-state index is 6.05. The van der Waals surface area contributed by atoms with Gasteiger partial charge in [-0.15, -0.1) is 0 Å². The lowest BCUT2D eigenvalue weighted by molar-refractivity contribution is 0.108. The maximum Gasteiger partial charge on any atom is 0.125 e. The van der Waals surface area contributed by atoms with Crippen molar-refractivity contribution >= 4 is 11.6 Å². The van der Waals surface area contributed by atoms with Crippen LogP contribution in [0.5, 0.6) is 5.75 Å². The van der Waals surface area contributed by atoms with Crippen molar-refractivity contribution in [2.75, 3.05) is 20.8 Å². The molecule has 0 radical (unpaired) electrons. The molecule has 0 aliphatic heterocycles. The molecule has 0 saturated carbocycles. The van der Waals surface area contributed by atoms with Crippen LogP contribution >= 0.6 is 11.6 Å². The van der Waals surface area contributed by atoms with Gasteiger partial charge in [0.1, 0.15) is 5.75 Å². The Labute approximate surface area is 95.1 Å². The van der Waals surface area contributed by atoms with Crippen LogP contribution in [0.2, 0.25) is 5.02 Å². The van der Waals surface area contributed by atoms with Gasteiger partial charge in [-0.3, -0.25) is 0 Å². The molecule has 0 spiro atoms. The molecule has 1 rings (SSSR count). The van der Waals surface area contributed by atoms with Crippen molar-refractivity contribution in [3.05, 3.63) is 28.3 Å². The number of rotatable bonds is 4. The van der Waals surface area contributed by atoms with Gasteiger partial charge in [-0.25, -0.2) is 0 Å². The van der Waals surface area contributed by atoms with E-state index < -0.39 is 0 Å². The topological polar surface area (TPSA) is 44.5 Å². The molecule has 0 amide bonds. The summed E-state index contributed by atoms with van der Waals surface area (Å²) in [7, 11) is 3.24. The summed E-state index contributed by atoms with van der Waals surface area (Å²) in [5, 5.41) is 0.696. The second-order valence-electron chi connectivity index (χ2n) is 3.30. The average molecular weight is 230 g/mol. The fourth-order valence-corrected chi connectivity index (χ4v) is 1.62. The molecule has 1 aromatic carbocycles. The van der Waals surface area contributed by atoms with Crippen molar-refractivity contribution in [2.24, 2.45) is 5.73 Å². The summed E-state index contributed by atoms with van der Waals surface area (Å²) >= 11 is 6.05. The van der Waals surface area contributed by atoms with Gasteiger partial charge in [0.05, 0.1) is 13.2 Å². The monoisotopic (exact) mass is 229 g/mol. The molecule has 84 valence electrons. The highest BCUT2D eigenvalue weighted by Crippen LogP contribution is 2.31. The molecule has 4 heteroatoms. The third-order valence-electron chi connectivity index (χ3n) is 2.36. The van der Waals surface area contributed by atoms with Gasteiger partial charge in [0, 0.05) is 24.2 Å². The summed E-state index contributed by atoms with van der Waals surface area (Å²) in [6.07, 6.45) is -0.182. The van der Waals surface area contributed by atoms with Gasteiger partial charge in [-0.05, 0) is 24.6 Å². The van der Waals surface area contributed by atoms with E-state index in [1.54, 1.807) is 14.2 Å². The van der Waals surface area contributed by atoms with Gasteiger partial charge < -0.3 is 15.2 Å². The van der Waals surface area contributed by atoms with Crippen LogP contribution in [0.3, 0.4) is 0 Å². The minimum Gasteiger partial charge on any atom is -0.496 e. The van der Waals surface area contributed by atoms with Crippen LogP contribution in [0, 0.1) is 6.92 Å². The van der Waals surface area contributed by atoms with Gasteiger partial charge in [-0.2, -0.15) is 0 Å². The minimum absolute atomic E-state index is 0.182. The van der Waals surface area contributed by atoms with Gasteiger partial charge in [0.15, 0.2) is 0 Å². The first-order valence-corrected chi connectivity index (χ1v) is 5.08. The molecule has 0 saturated heterocycles. The summed E-state index contributed by atoms with van der Waals surface area (Å²) in [5.74, 6) is 0.759. The van der Waals surface area contributed by atoms with Crippen LogP contribution in [-0.2, 0) is 4.74 Å². The van der Waals surface area contributed by atoms with E-state index in [1.807, 2.05) is 19.1 Å². The van der Waals surface area contributed by atoms with Crippen LogP contribution in [0.4, 0.5) is 0 Å². The van der Waals surface area contributed by atoms with Crippen LogP contribution in [0.1, 0.15) is 17.2 Å². The number of hydrogen-bond donors (Lipinski definition) is 1.